The first-order chi connectivity index (χ1) is 10.8. The van der Waals surface area contributed by atoms with E-state index < -0.39 is 0 Å². The average Bonchev–Trinajstić information content (AvgIpc) is 3.21. The zero-order valence-electron chi connectivity index (χ0n) is 13.6. The number of amides is 1. The standard InChI is InChI=1S/C18H27N3O/c1-2-20-13-3-5-16(20)17-6-4-14-21(17)18(22)8-7-15-9-11-19-12-10-15/h9-12,16-17H,2-8,13-14H2,1H3/t16-,17-/m0/s1. The molecule has 2 atom stereocenters. The Balaban J connectivity index is 1.59. The number of hydrogen-bond acceptors (Lipinski definition) is 3. The van der Waals surface area contributed by atoms with E-state index in [1.807, 2.05) is 12.1 Å². The molecule has 0 aromatic carbocycles. The predicted octanol–water partition coefficient (Wildman–Crippen LogP) is 2.49. The summed E-state index contributed by atoms with van der Waals surface area (Å²) in [6, 6.07) is 5.06. The maximum absolute atomic E-state index is 12.7. The molecule has 120 valence electrons. The average molecular weight is 301 g/mol. The zero-order chi connectivity index (χ0) is 15.4. The first-order valence-corrected chi connectivity index (χ1v) is 8.72. The highest BCUT2D eigenvalue weighted by Gasteiger charge is 2.38. The number of aryl methyl sites for hydroxylation is 1. The van der Waals surface area contributed by atoms with Crippen molar-refractivity contribution in [2.75, 3.05) is 19.6 Å². The van der Waals surface area contributed by atoms with Gasteiger partial charge in [-0.3, -0.25) is 14.7 Å². The maximum atomic E-state index is 12.7. The summed E-state index contributed by atoms with van der Waals surface area (Å²) < 4.78 is 0. The van der Waals surface area contributed by atoms with Gasteiger partial charge in [-0.1, -0.05) is 6.92 Å². The highest BCUT2D eigenvalue weighted by molar-refractivity contribution is 5.77. The fourth-order valence-corrected chi connectivity index (χ4v) is 4.13. The first-order valence-electron chi connectivity index (χ1n) is 8.72. The van der Waals surface area contributed by atoms with Gasteiger partial charge >= 0.3 is 0 Å². The Bertz CT molecular complexity index is 490. The number of pyridine rings is 1. The van der Waals surface area contributed by atoms with Crippen LogP contribution >= 0.6 is 0 Å². The summed E-state index contributed by atoms with van der Waals surface area (Å²) in [4.78, 5) is 21.5. The van der Waals surface area contributed by atoms with Crippen LogP contribution in [0.4, 0.5) is 0 Å². The van der Waals surface area contributed by atoms with Crippen molar-refractivity contribution in [3.05, 3.63) is 30.1 Å². The third-order valence-corrected chi connectivity index (χ3v) is 5.26. The molecule has 1 amide bonds. The quantitative estimate of drug-likeness (QED) is 0.838. The fraction of sp³-hybridized carbons (Fsp3) is 0.667. The summed E-state index contributed by atoms with van der Waals surface area (Å²) in [5.41, 5.74) is 1.20. The molecular formula is C18H27N3O. The van der Waals surface area contributed by atoms with E-state index in [-0.39, 0.29) is 0 Å². The molecule has 0 saturated carbocycles. The molecule has 2 saturated heterocycles. The molecule has 0 N–H and O–H groups in total. The van der Waals surface area contributed by atoms with Gasteiger partial charge in [0.05, 0.1) is 0 Å². The van der Waals surface area contributed by atoms with E-state index in [2.05, 4.69) is 21.7 Å². The van der Waals surface area contributed by atoms with Crippen molar-refractivity contribution in [1.82, 2.24) is 14.8 Å². The van der Waals surface area contributed by atoms with Gasteiger partial charge < -0.3 is 4.90 Å². The molecule has 1 aromatic heterocycles. The Morgan fingerprint density at radius 2 is 1.91 bits per heavy atom. The number of likely N-dealkylation sites (tertiary alicyclic amines) is 2. The third kappa shape index (κ3) is 3.32. The van der Waals surface area contributed by atoms with Crippen LogP contribution in [0.25, 0.3) is 0 Å². The number of aromatic nitrogens is 1. The van der Waals surface area contributed by atoms with Crippen LogP contribution in [0.15, 0.2) is 24.5 Å². The lowest BCUT2D eigenvalue weighted by molar-refractivity contribution is -0.133. The van der Waals surface area contributed by atoms with Gasteiger partial charge in [0.15, 0.2) is 0 Å². The number of nitrogens with zero attached hydrogens (tertiary/aromatic N) is 3. The predicted molar refractivity (Wildman–Crippen MR) is 87.6 cm³/mol. The Morgan fingerprint density at radius 3 is 2.68 bits per heavy atom. The monoisotopic (exact) mass is 301 g/mol. The molecule has 2 aliphatic heterocycles. The molecule has 22 heavy (non-hydrogen) atoms. The van der Waals surface area contributed by atoms with Gasteiger partial charge in [0.2, 0.25) is 5.91 Å². The second kappa shape index (κ2) is 7.23. The minimum absolute atomic E-state index is 0.335. The van der Waals surface area contributed by atoms with Crippen LogP contribution in [-0.4, -0.2) is 52.4 Å². The molecule has 2 aliphatic rings. The van der Waals surface area contributed by atoms with Gasteiger partial charge in [0.25, 0.3) is 0 Å². The van der Waals surface area contributed by atoms with Crippen molar-refractivity contribution in [3.8, 4) is 0 Å². The van der Waals surface area contributed by atoms with Gasteiger partial charge in [-0.05, 0) is 62.9 Å². The second-order valence-electron chi connectivity index (χ2n) is 6.49. The Morgan fingerprint density at radius 1 is 1.18 bits per heavy atom. The van der Waals surface area contributed by atoms with E-state index in [0.29, 0.717) is 24.4 Å². The van der Waals surface area contributed by atoms with E-state index >= 15 is 0 Å². The summed E-state index contributed by atoms with van der Waals surface area (Å²) in [6.45, 7) is 5.51. The normalized spacial score (nSPS) is 25.8. The summed E-state index contributed by atoms with van der Waals surface area (Å²) >= 11 is 0. The molecule has 0 unspecified atom stereocenters. The van der Waals surface area contributed by atoms with Gasteiger partial charge in [-0.2, -0.15) is 0 Å². The lowest BCUT2D eigenvalue weighted by Gasteiger charge is -2.34. The lowest BCUT2D eigenvalue weighted by Crippen LogP contribution is -2.48. The molecule has 2 fully saturated rings. The molecular weight excluding hydrogens is 274 g/mol. The summed E-state index contributed by atoms with van der Waals surface area (Å²) in [6.07, 6.45) is 9.95. The van der Waals surface area contributed by atoms with Crippen LogP contribution in [0, 0.1) is 0 Å². The van der Waals surface area contributed by atoms with Crippen LogP contribution in [0.3, 0.4) is 0 Å². The van der Waals surface area contributed by atoms with Crippen molar-refractivity contribution < 1.29 is 4.79 Å². The zero-order valence-corrected chi connectivity index (χ0v) is 13.6. The Kier molecular flexibility index (Phi) is 5.08. The number of rotatable bonds is 5. The fourth-order valence-electron chi connectivity index (χ4n) is 4.13. The smallest absolute Gasteiger partial charge is 0.223 e. The van der Waals surface area contributed by atoms with Crippen LogP contribution in [0.2, 0.25) is 0 Å². The van der Waals surface area contributed by atoms with Crippen LogP contribution < -0.4 is 0 Å². The number of likely N-dealkylation sites (N-methyl/N-ethyl adjacent to an activating group) is 1. The minimum atomic E-state index is 0.335. The van der Waals surface area contributed by atoms with Gasteiger partial charge in [-0.15, -0.1) is 0 Å². The van der Waals surface area contributed by atoms with E-state index in [1.165, 1.54) is 37.8 Å². The third-order valence-electron chi connectivity index (χ3n) is 5.26. The van der Waals surface area contributed by atoms with E-state index in [4.69, 9.17) is 0 Å². The molecule has 0 spiro atoms. The van der Waals surface area contributed by atoms with E-state index in [9.17, 15) is 4.79 Å². The van der Waals surface area contributed by atoms with Crippen molar-refractivity contribution in [2.45, 2.75) is 57.5 Å². The largest absolute Gasteiger partial charge is 0.338 e. The minimum Gasteiger partial charge on any atom is -0.338 e. The number of carbonyl (C=O) groups excluding carboxylic acids is 1. The van der Waals surface area contributed by atoms with Gasteiger partial charge in [-0.25, -0.2) is 0 Å². The van der Waals surface area contributed by atoms with Crippen LogP contribution in [-0.2, 0) is 11.2 Å². The molecule has 0 bridgehead atoms. The Labute approximate surface area is 133 Å². The number of hydrogen-bond donors (Lipinski definition) is 0. The second-order valence-corrected chi connectivity index (χ2v) is 6.49. The lowest BCUT2D eigenvalue weighted by atomic mass is 10.0. The molecule has 0 radical (unpaired) electrons. The van der Waals surface area contributed by atoms with Crippen molar-refractivity contribution in [3.63, 3.8) is 0 Å². The van der Waals surface area contributed by atoms with E-state index in [1.54, 1.807) is 12.4 Å². The molecule has 4 nitrogen and oxygen atoms in total. The molecule has 0 aliphatic carbocycles. The molecule has 1 aromatic rings. The van der Waals surface area contributed by atoms with Crippen LogP contribution in [0.1, 0.15) is 44.6 Å². The SMILES string of the molecule is CCN1CCC[C@H]1[C@@H]1CCCN1C(=O)CCc1ccncc1. The van der Waals surface area contributed by atoms with Crippen molar-refractivity contribution in [2.24, 2.45) is 0 Å². The van der Waals surface area contributed by atoms with Crippen LogP contribution in [0.5, 0.6) is 0 Å². The summed E-state index contributed by atoms with van der Waals surface area (Å²) in [7, 11) is 0. The summed E-state index contributed by atoms with van der Waals surface area (Å²) in [5.74, 6) is 0.335. The van der Waals surface area contributed by atoms with Crippen molar-refractivity contribution in [1.29, 1.82) is 0 Å². The molecule has 3 heterocycles. The highest BCUT2D eigenvalue weighted by atomic mass is 16.2. The van der Waals surface area contributed by atoms with Gasteiger partial charge in [0.1, 0.15) is 0 Å². The maximum Gasteiger partial charge on any atom is 0.223 e. The van der Waals surface area contributed by atoms with E-state index in [0.717, 1.165) is 19.5 Å². The topological polar surface area (TPSA) is 36.4 Å². The first kappa shape index (κ1) is 15.5. The molecule has 3 rings (SSSR count). The Hall–Kier alpha value is -1.42. The van der Waals surface area contributed by atoms with Crippen molar-refractivity contribution >= 4 is 5.91 Å². The molecule has 4 heteroatoms. The highest BCUT2D eigenvalue weighted by Crippen LogP contribution is 2.30. The number of carbonyl (C=O) groups is 1. The van der Waals surface area contributed by atoms with Gasteiger partial charge in [0, 0.05) is 37.4 Å². The summed E-state index contributed by atoms with van der Waals surface area (Å²) in [5, 5.41) is 0.